The smallest absolute Gasteiger partial charge is 0.0492 e. The van der Waals surface area contributed by atoms with Crippen molar-refractivity contribution in [3.05, 3.63) is 70.7 Å². The maximum atomic E-state index is 6.23. The molecule has 0 saturated carbocycles. The van der Waals surface area contributed by atoms with Gasteiger partial charge in [0.15, 0.2) is 0 Å². The van der Waals surface area contributed by atoms with Gasteiger partial charge in [-0.05, 0) is 24.3 Å². The fourth-order valence-corrected chi connectivity index (χ4v) is 3.62. The van der Waals surface area contributed by atoms with Crippen molar-refractivity contribution in [2.45, 2.75) is 0 Å². The van der Waals surface area contributed by atoms with Crippen molar-refractivity contribution in [2.24, 2.45) is 0 Å². The highest BCUT2D eigenvalue weighted by Gasteiger charge is 2.09. The molecule has 0 saturated heterocycles. The fourth-order valence-electron chi connectivity index (χ4n) is 1.95. The molecule has 2 aromatic carbocycles. The van der Waals surface area contributed by atoms with Gasteiger partial charge in [0, 0.05) is 30.9 Å². The molecule has 0 fully saturated rings. The van der Waals surface area contributed by atoms with Crippen LogP contribution in [0.4, 0.5) is 0 Å². The first-order valence-electron chi connectivity index (χ1n) is 5.85. The fraction of sp³-hybridized carbons (Fsp3) is 0. The van der Waals surface area contributed by atoms with E-state index in [-0.39, 0.29) is 0 Å². The van der Waals surface area contributed by atoms with Gasteiger partial charge in [-0.3, -0.25) is 0 Å². The van der Waals surface area contributed by atoms with Crippen LogP contribution in [0.5, 0.6) is 0 Å². The van der Waals surface area contributed by atoms with E-state index in [9.17, 15) is 0 Å². The average Bonchev–Trinajstić information content (AvgIpc) is 2.89. The maximum absolute atomic E-state index is 6.23. The lowest BCUT2D eigenvalue weighted by Gasteiger charge is -2.01. The minimum absolute atomic E-state index is 0.773. The van der Waals surface area contributed by atoms with E-state index in [2.05, 4.69) is 12.1 Å². The molecule has 0 amide bonds. The third kappa shape index (κ3) is 2.55. The van der Waals surface area contributed by atoms with Gasteiger partial charge in [0.1, 0.15) is 0 Å². The summed E-state index contributed by atoms with van der Waals surface area (Å²) in [5, 5.41) is 1.55. The summed E-state index contributed by atoms with van der Waals surface area (Å²) in [6.45, 7) is 0. The molecule has 0 nitrogen and oxygen atoms in total. The van der Waals surface area contributed by atoms with Crippen LogP contribution in [-0.4, -0.2) is 0 Å². The van der Waals surface area contributed by atoms with Gasteiger partial charge in [-0.15, -0.1) is 11.3 Å². The Balaban J connectivity index is 2.06. The van der Waals surface area contributed by atoms with Crippen molar-refractivity contribution >= 4 is 34.5 Å². The summed E-state index contributed by atoms with van der Waals surface area (Å²) in [6.07, 6.45) is 0. The van der Waals surface area contributed by atoms with Crippen LogP contribution < -0.4 is 0 Å². The summed E-state index contributed by atoms with van der Waals surface area (Å²) in [5.74, 6) is 0. The van der Waals surface area contributed by atoms with Gasteiger partial charge in [-0.2, -0.15) is 0 Å². The SMILES string of the molecule is Clc1ccccc1-c1ccc(-c2ccccc2Cl)s1. The van der Waals surface area contributed by atoms with Crippen LogP contribution in [0.2, 0.25) is 10.0 Å². The van der Waals surface area contributed by atoms with Gasteiger partial charge in [0.25, 0.3) is 0 Å². The predicted molar refractivity (Wildman–Crippen MR) is 85.2 cm³/mol. The third-order valence-electron chi connectivity index (χ3n) is 2.88. The normalized spacial score (nSPS) is 10.6. The van der Waals surface area contributed by atoms with E-state index >= 15 is 0 Å². The number of halogens is 2. The van der Waals surface area contributed by atoms with Crippen molar-refractivity contribution in [1.29, 1.82) is 0 Å². The molecular weight excluding hydrogens is 295 g/mol. The number of rotatable bonds is 2. The summed E-state index contributed by atoms with van der Waals surface area (Å²) < 4.78 is 0. The average molecular weight is 305 g/mol. The standard InChI is InChI=1S/C16H10Cl2S/c17-13-7-3-1-5-11(13)15-9-10-16(19-15)12-6-2-4-8-14(12)18/h1-10H. The summed E-state index contributed by atoms with van der Waals surface area (Å²) in [4.78, 5) is 2.31. The highest BCUT2D eigenvalue weighted by atomic mass is 35.5. The van der Waals surface area contributed by atoms with E-state index in [0.717, 1.165) is 30.9 Å². The number of thiophene rings is 1. The molecule has 0 radical (unpaired) electrons. The number of hydrogen-bond donors (Lipinski definition) is 0. The molecule has 0 spiro atoms. The van der Waals surface area contributed by atoms with Crippen LogP contribution >= 0.6 is 34.5 Å². The molecule has 3 heteroatoms. The third-order valence-corrected chi connectivity index (χ3v) is 4.70. The Hall–Kier alpha value is -1.28. The zero-order chi connectivity index (χ0) is 13.2. The molecule has 0 bridgehead atoms. The molecule has 3 aromatic rings. The second-order valence-corrected chi connectivity index (χ2v) is 6.02. The predicted octanol–water partition coefficient (Wildman–Crippen LogP) is 6.39. The summed E-state index contributed by atoms with van der Waals surface area (Å²) in [7, 11) is 0. The van der Waals surface area contributed by atoms with Crippen molar-refractivity contribution < 1.29 is 0 Å². The Kier molecular flexibility index (Phi) is 3.61. The highest BCUT2D eigenvalue weighted by molar-refractivity contribution is 7.19. The maximum Gasteiger partial charge on any atom is 0.0492 e. The first-order chi connectivity index (χ1) is 9.25. The van der Waals surface area contributed by atoms with Gasteiger partial charge in [0.2, 0.25) is 0 Å². The van der Waals surface area contributed by atoms with Gasteiger partial charge in [-0.1, -0.05) is 59.6 Å². The van der Waals surface area contributed by atoms with Crippen molar-refractivity contribution in [3.8, 4) is 20.9 Å². The minimum atomic E-state index is 0.773. The Labute approximate surface area is 126 Å². The van der Waals surface area contributed by atoms with E-state index in [4.69, 9.17) is 23.2 Å². The largest absolute Gasteiger partial charge is 0.135 e. The highest BCUT2D eigenvalue weighted by Crippen LogP contribution is 2.39. The zero-order valence-corrected chi connectivity index (χ0v) is 12.3. The molecule has 0 aliphatic heterocycles. The molecule has 3 rings (SSSR count). The lowest BCUT2D eigenvalue weighted by atomic mass is 10.1. The molecular formula is C16H10Cl2S. The number of hydrogen-bond acceptors (Lipinski definition) is 1. The van der Waals surface area contributed by atoms with Gasteiger partial charge in [0.05, 0.1) is 0 Å². The lowest BCUT2D eigenvalue weighted by molar-refractivity contribution is 1.69. The number of benzene rings is 2. The molecule has 0 unspecified atom stereocenters. The monoisotopic (exact) mass is 304 g/mol. The topological polar surface area (TPSA) is 0 Å². The quantitative estimate of drug-likeness (QED) is 0.514. The van der Waals surface area contributed by atoms with Crippen LogP contribution in [0.1, 0.15) is 0 Å². The molecule has 0 aliphatic carbocycles. The van der Waals surface area contributed by atoms with E-state index in [1.807, 2.05) is 48.5 Å². The Bertz CT molecular complexity index is 656. The van der Waals surface area contributed by atoms with Gasteiger partial charge >= 0.3 is 0 Å². The lowest BCUT2D eigenvalue weighted by Crippen LogP contribution is -1.73. The minimum Gasteiger partial charge on any atom is -0.135 e. The van der Waals surface area contributed by atoms with Crippen LogP contribution in [0.25, 0.3) is 20.9 Å². The van der Waals surface area contributed by atoms with Crippen molar-refractivity contribution in [3.63, 3.8) is 0 Å². The van der Waals surface area contributed by atoms with E-state index in [1.54, 1.807) is 11.3 Å². The van der Waals surface area contributed by atoms with Crippen molar-refractivity contribution in [2.75, 3.05) is 0 Å². The van der Waals surface area contributed by atoms with Crippen molar-refractivity contribution in [1.82, 2.24) is 0 Å². The van der Waals surface area contributed by atoms with Crippen LogP contribution in [0.15, 0.2) is 60.7 Å². The van der Waals surface area contributed by atoms with Gasteiger partial charge < -0.3 is 0 Å². The van der Waals surface area contributed by atoms with Crippen LogP contribution in [-0.2, 0) is 0 Å². The first kappa shape index (κ1) is 12.7. The molecule has 1 aromatic heterocycles. The first-order valence-corrected chi connectivity index (χ1v) is 7.42. The van der Waals surface area contributed by atoms with Crippen LogP contribution in [0.3, 0.4) is 0 Å². The second kappa shape index (κ2) is 5.38. The van der Waals surface area contributed by atoms with Gasteiger partial charge in [-0.25, -0.2) is 0 Å². The molecule has 94 valence electrons. The zero-order valence-electron chi connectivity index (χ0n) is 9.94. The Morgan fingerprint density at radius 3 is 1.42 bits per heavy atom. The summed E-state index contributed by atoms with van der Waals surface area (Å²) >= 11 is 14.2. The van der Waals surface area contributed by atoms with E-state index in [1.165, 1.54) is 0 Å². The molecule has 0 aliphatic rings. The molecule has 0 atom stereocenters. The second-order valence-electron chi connectivity index (χ2n) is 4.12. The summed E-state index contributed by atoms with van der Waals surface area (Å²) in [5.41, 5.74) is 2.12. The Morgan fingerprint density at radius 2 is 1.00 bits per heavy atom. The van der Waals surface area contributed by atoms with E-state index in [0.29, 0.717) is 0 Å². The molecule has 19 heavy (non-hydrogen) atoms. The van der Waals surface area contributed by atoms with E-state index < -0.39 is 0 Å². The Morgan fingerprint density at radius 1 is 0.579 bits per heavy atom. The summed E-state index contributed by atoms with van der Waals surface area (Å²) in [6, 6.07) is 19.9. The molecule has 1 heterocycles. The molecule has 0 N–H and O–H groups in total. The van der Waals surface area contributed by atoms with Crippen LogP contribution in [0, 0.1) is 0 Å².